The Morgan fingerprint density at radius 3 is 2.55 bits per heavy atom. The Bertz CT molecular complexity index is 504. The SMILES string of the molecule is CN(C(=O)N1CCCCC1C(=O)O)c1ccc(F)cc1. The molecule has 0 aromatic heterocycles. The van der Waals surface area contributed by atoms with Crippen molar-refractivity contribution in [2.24, 2.45) is 0 Å². The van der Waals surface area contributed by atoms with E-state index in [0.717, 1.165) is 12.8 Å². The van der Waals surface area contributed by atoms with Crippen LogP contribution in [0.25, 0.3) is 0 Å². The first-order chi connectivity index (χ1) is 9.50. The summed E-state index contributed by atoms with van der Waals surface area (Å²) >= 11 is 0. The smallest absolute Gasteiger partial charge is 0.326 e. The second-order valence-corrected chi connectivity index (χ2v) is 4.86. The van der Waals surface area contributed by atoms with Crippen LogP contribution in [0.5, 0.6) is 0 Å². The maximum absolute atomic E-state index is 12.9. The number of carbonyl (C=O) groups is 2. The van der Waals surface area contributed by atoms with Crippen LogP contribution >= 0.6 is 0 Å². The summed E-state index contributed by atoms with van der Waals surface area (Å²) in [7, 11) is 1.56. The van der Waals surface area contributed by atoms with E-state index in [1.165, 1.54) is 34.1 Å². The summed E-state index contributed by atoms with van der Waals surface area (Å²) in [6, 6.07) is 4.37. The molecule has 0 radical (unpaired) electrons. The molecule has 1 saturated heterocycles. The van der Waals surface area contributed by atoms with Gasteiger partial charge < -0.3 is 10.0 Å². The maximum Gasteiger partial charge on any atom is 0.326 e. The van der Waals surface area contributed by atoms with E-state index in [2.05, 4.69) is 0 Å². The fourth-order valence-corrected chi connectivity index (χ4v) is 2.39. The van der Waals surface area contributed by atoms with Crippen molar-refractivity contribution in [3.05, 3.63) is 30.1 Å². The highest BCUT2D eigenvalue weighted by Crippen LogP contribution is 2.21. The zero-order valence-corrected chi connectivity index (χ0v) is 11.3. The summed E-state index contributed by atoms with van der Waals surface area (Å²) in [5.41, 5.74) is 0.533. The minimum absolute atomic E-state index is 0.372. The molecule has 108 valence electrons. The molecule has 1 fully saturated rings. The average molecular weight is 280 g/mol. The van der Waals surface area contributed by atoms with Crippen molar-refractivity contribution in [3.63, 3.8) is 0 Å². The van der Waals surface area contributed by atoms with E-state index in [9.17, 15) is 19.1 Å². The van der Waals surface area contributed by atoms with E-state index in [4.69, 9.17) is 0 Å². The van der Waals surface area contributed by atoms with Gasteiger partial charge in [-0.3, -0.25) is 4.90 Å². The Morgan fingerprint density at radius 2 is 1.95 bits per heavy atom. The number of halogens is 1. The summed E-state index contributed by atoms with van der Waals surface area (Å²) < 4.78 is 12.9. The van der Waals surface area contributed by atoms with Crippen LogP contribution in [0.15, 0.2) is 24.3 Å². The van der Waals surface area contributed by atoms with Crippen molar-refractivity contribution in [2.75, 3.05) is 18.5 Å². The highest BCUT2D eigenvalue weighted by atomic mass is 19.1. The number of benzene rings is 1. The first-order valence-electron chi connectivity index (χ1n) is 6.53. The Morgan fingerprint density at radius 1 is 1.30 bits per heavy atom. The number of piperidine rings is 1. The quantitative estimate of drug-likeness (QED) is 0.904. The van der Waals surface area contributed by atoms with Crippen LogP contribution < -0.4 is 4.90 Å². The lowest BCUT2D eigenvalue weighted by atomic mass is 10.0. The normalized spacial score (nSPS) is 18.7. The van der Waals surface area contributed by atoms with Gasteiger partial charge in [0.1, 0.15) is 11.9 Å². The van der Waals surface area contributed by atoms with Gasteiger partial charge in [0.05, 0.1) is 0 Å². The number of amides is 2. The molecule has 1 atom stereocenters. The minimum Gasteiger partial charge on any atom is -0.480 e. The summed E-state index contributed by atoms with van der Waals surface area (Å²) in [5, 5.41) is 9.18. The highest BCUT2D eigenvalue weighted by Gasteiger charge is 2.33. The van der Waals surface area contributed by atoms with Gasteiger partial charge in [-0.15, -0.1) is 0 Å². The van der Waals surface area contributed by atoms with Crippen LogP contribution in [0.1, 0.15) is 19.3 Å². The molecule has 1 aromatic carbocycles. The number of rotatable bonds is 2. The Kier molecular flexibility index (Phi) is 4.22. The second-order valence-electron chi connectivity index (χ2n) is 4.86. The van der Waals surface area contributed by atoms with E-state index >= 15 is 0 Å². The predicted molar refractivity (Wildman–Crippen MR) is 72.2 cm³/mol. The van der Waals surface area contributed by atoms with Gasteiger partial charge in [0, 0.05) is 19.3 Å². The molecule has 6 heteroatoms. The van der Waals surface area contributed by atoms with Crippen LogP contribution in [0.2, 0.25) is 0 Å². The summed E-state index contributed by atoms with van der Waals surface area (Å²) in [4.78, 5) is 26.3. The summed E-state index contributed by atoms with van der Waals surface area (Å²) in [6.45, 7) is 0.432. The molecule has 0 saturated carbocycles. The number of urea groups is 1. The second kappa shape index (κ2) is 5.90. The van der Waals surface area contributed by atoms with Gasteiger partial charge in [-0.2, -0.15) is 0 Å². The lowest BCUT2D eigenvalue weighted by Crippen LogP contribution is -2.52. The van der Waals surface area contributed by atoms with Gasteiger partial charge in [0.15, 0.2) is 0 Å². The minimum atomic E-state index is -0.981. The number of carboxylic acids is 1. The van der Waals surface area contributed by atoms with Gasteiger partial charge in [0.25, 0.3) is 0 Å². The molecule has 1 aromatic rings. The molecule has 5 nitrogen and oxygen atoms in total. The number of likely N-dealkylation sites (tertiary alicyclic amines) is 1. The fraction of sp³-hybridized carbons (Fsp3) is 0.429. The molecule has 1 unspecified atom stereocenters. The third-order valence-electron chi connectivity index (χ3n) is 3.53. The van der Waals surface area contributed by atoms with E-state index < -0.39 is 12.0 Å². The summed E-state index contributed by atoms with van der Waals surface area (Å²) in [6.07, 6.45) is 2.08. The molecule has 2 rings (SSSR count). The highest BCUT2D eigenvalue weighted by molar-refractivity contribution is 5.94. The van der Waals surface area contributed by atoms with Crippen LogP contribution in [-0.2, 0) is 4.79 Å². The van der Waals surface area contributed by atoms with Crippen molar-refractivity contribution in [2.45, 2.75) is 25.3 Å². The monoisotopic (exact) mass is 280 g/mol. The fourth-order valence-electron chi connectivity index (χ4n) is 2.39. The van der Waals surface area contributed by atoms with Gasteiger partial charge in [-0.05, 0) is 43.5 Å². The maximum atomic E-state index is 12.9. The molecular formula is C14H17FN2O3. The number of hydrogen-bond donors (Lipinski definition) is 1. The molecule has 0 bridgehead atoms. The number of aliphatic carboxylic acids is 1. The third kappa shape index (κ3) is 2.89. The number of nitrogens with zero attached hydrogens (tertiary/aromatic N) is 2. The van der Waals surface area contributed by atoms with Crippen LogP contribution in [0.3, 0.4) is 0 Å². The average Bonchev–Trinajstić information content (AvgIpc) is 2.46. The summed E-state index contributed by atoms with van der Waals surface area (Å²) in [5.74, 6) is -1.36. The van der Waals surface area contributed by atoms with Crippen LogP contribution in [0.4, 0.5) is 14.9 Å². The standard InChI is InChI=1S/C14H17FN2O3/c1-16(11-7-5-10(15)6-8-11)14(20)17-9-3-2-4-12(17)13(18)19/h5-8,12H,2-4,9H2,1H3,(H,18,19). The zero-order valence-electron chi connectivity index (χ0n) is 11.3. The number of carbonyl (C=O) groups excluding carboxylic acids is 1. The first-order valence-corrected chi connectivity index (χ1v) is 6.53. The first kappa shape index (κ1) is 14.3. The van der Waals surface area contributed by atoms with Crippen LogP contribution in [-0.4, -0.2) is 41.6 Å². The molecule has 1 N–H and O–H groups in total. The topological polar surface area (TPSA) is 60.9 Å². The largest absolute Gasteiger partial charge is 0.480 e. The van der Waals surface area contributed by atoms with Gasteiger partial charge in [-0.25, -0.2) is 14.0 Å². The number of anilines is 1. The van der Waals surface area contributed by atoms with Gasteiger partial charge in [-0.1, -0.05) is 0 Å². The zero-order chi connectivity index (χ0) is 14.7. The third-order valence-corrected chi connectivity index (χ3v) is 3.53. The molecule has 1 heterocycles. The molecule has 1 aliphatic rings. The van der Waals surface area contributed by atoms with E-state index in [-0.39, 0.29) is 11.8 Å². The van der Waals surface area contributed by atoms with Crippen LogP contribution in [0, 0.1) is 5.82 Å². The number of carboxylic acid groups (broad SMARTS) is 1. The van der Waals surface area contributed by atoms with Crippen molar-refractivity contribution < 1.29 is 19.1 Å². The number of hydrogen-bond acceptors (Lipinski definition) is 2. The molecule has 1 aliphatic heterocycles. The van der Waals surface area contributed by atoms with Gasteiger partial charge >= 0.3 is 12.0 Å². The molecule has 20 heavy (non-hydrogen) atoms. The van der Waals surface area contributed by atoms with Crippen molar-refractivity contribution >= 4 is 17.7 Å². The van der Waals surface area contributed by atoms with E-state index in [0.29, 0.717) is 18.7 Å². The molecule has 0 aliphatic carbocycles. The lowest BCUT2D eigenvalue weighted by molar-refractivity contribution is -0.143. The molecule has 2 amide bonds. The Hall–Kier alpha value is -2.11. The molecule has 0 spiro atoms. The van der Waals surface area contributed by atoms with Crippen molar-refractivity contribution in [1.29, 1.82) is 0 Å². The van der Waals surface area contributed by atoms with Gasteiger partial charge in [0.2, 0.25) is 0 Å². The Labute approximate surface area is 116 Å². The van der Waals surface area contributed by atoms with E-state index in [1.54, 1.807) is 7.05 Å². The van der Waals surface area contributed by atoms with E-state index in [1.807, 2.05) is 0 Å². The van der Waals surface area contributed by atoms with Crippen molar-refractivity contribution in [3.8, 4) is 0 Å². The lowest BCUT2D eigenvalue weighted by Gasteiger charge is -2.35. The molecular weight excluding hydrogens is 263 g/mol. The predicted octanol–water partition coefficient (Wildman–Crippen LogP) is 2.32. The van der Waals surface area contributed by atoms with Crippen molar-refractivity contribution in [1.82, 2.24) is 4.90 Å². The Balaban J connectivity index is 2.16.